The summed E-state index contributed by atoms with van der Waals surface area (Å²) in [5.41, 5.74) is 4.61. The molecule has 102 valence electrons. The van der Waals surface area contributed by atoms with E-state index in [9.17, 15) is 0 Å². The zero-order valence-electron chi connectivity index (χ0n) is 12.1. The minimum atomic E-state index is 0.142. The lowest BCUT2D eigenvalue weighted by Crippen LogP contribution is -2.06. The molecule has 1 aromatic heterocycles. The van der Waals surface area contributed by atoms with Gasteiger partial charge in [-0.05, 0) is 50.1 Å². The molecule has 0 spiro atoms. The number of para-hydroxylation sites is 1. The Hall–Kier alpha value is -2.22. The lowest BCUT2D eigenvalue weighted by atomic mass is 10.1. The lowest BCUT2D eigenvalue weighted by molar-refractivity contribution is 0.526. The first-order chi connectivity index (χ1) is 9.63. The molecule has 1 unspecified atom stereocenters. The fourth-order valence-corrected chi connectivity index (χ4v) is 2.41. The third-order valence-corrected chi connectivity index (χ3v) is 3.64. The summed E-state index contributed by atoms with van der Waals surface area (Å²) in [5, 5.41) is 4.68. The molecule has 0 bridgehead atoms. The first kappa shape index (κ1) is 12.8. The van der Waals surface area contributed by atoms with Gasteiger partial charge < -0.3 is 9.73 Å². The summed E-state index contributed by atoms with van der Waals surface area (Å²) < 4.78 is 5.91. The van der Waals surface area contributed by atoms with Gasteiger partial charge in [-0.1, -0.05) is 30.3 Å². The van der Waals surface area contributed by atoms with Crippen molar-refractivity contribution in [3.8, 4) is 0 Å². The fraction of sp³-hybridized carbons (Fsp3) is 0.222. The van der Waals surface area contributed by atoms with Crippen LogP contribution in [0.25, 0.3) is 11.0 Å². The molecule has 3 rings (SSSR count). The Kier molecular flexibility index (Phi) is 3.23. The number of benzene rings is 2. The highest BCUT2D eigenvalue weighted by molar-refractivity contribution is 5.78. The van der Waals surface area contributed by atoms with Gasteiger partial charge in [-0.15, -0.1) is 0 Å². The van der Waals surface area contributed by atoms with Gasteiger partial charge in [0.15, 0.2) is 0 Å². The Bertz CT molecular complexity index is 709. The van der Waals surface area contributed by atoms with Gasteiger partial charge in [-0.25, -0.2) is 0 Å². The first-order valence-corrected chi connectivity index (χ1v) is 6.96. The van der Waals surface area contributed by atoms with Crippen molar-refractivity contribution < 1.29 is 4.42 Å². The molecule has 0 radical (unpaired) electrons. The van der Waals surface area contributed by atoms with E-state index in [2.05, 4.69) is 56.4 Å². The van der Waals surface area contributed by atoms with E-state index in [4.69, 9.17) is 4.42 Å². The van der Waals surface area contributed by atoms with Gasteiger partial charge >= 0.3 is 0 Å². The summed E-state index contributed by atoms with van der Waals surface area (Å²) in [4.78, 5) is 0. The molecule has 1 N–H and O–H groups in total. The van der Waals surface area contributed by atoms with Crippen molar-refractivity contribution in [3.63, 3.8) is 0 Å². The normalized spacial score (nSPS) is 12.6. The highest BCUT2D eigenvalue weighted by Crippen LogP contribution is 2.27. The summed E-state index contributed by atoms with van der Waals surface area (Å²) in [6.07, 6.45) is 0. The number of nitrogens with one attached hydrogen (secondary N) is 1. The molecule has 1 atom stereocenters. The van der Waals surface area contributed by atoms with Crippen molar-refractivity contribution in [1.82, 2.24) is 0 Å². The molecule has 0 aliphatic heterocycles. The summed E-state index contributed by atoms with van der Waals surface area (Å²) in [5.74, 6) is 0.965. The van der Waals surface area contributed by atoms with Crippen LogP contribution >= 0.6 is 0 Å². The highest BCUT2D eigenvalue weighted by Gasteiger charge is 2.12. The van der Waals surface area contributed by atoms with E-state index in [0.717, 1.165) is 22.4 Å². The molecule has 2 aromatic carbocycles. The first-order valence-electron chi connectivity index (χ1n) is 6.96. The maximum atomic E-state index is 5.91. The van der Waals surface area contributed by atoms with Crippen molar-refractivity contribution >= 4 is 16.7 Å². The third kappa shape index (κ3) is 2.42. The van der Waals surface area contributed by atoms with Crippen LogP contribution in [0.3, 0.4) is 0 Å². The molecule has 2 heteroatoms. The predicted octanol–water partition coefficient (Wildman–Crippen LogP) is 5.22. The zero-order valence-corrected chi connectivity index (χ0v) is 12.1. The van der Waals surface area contributed by atoms with Gasteiger partial charge in [0.05, 0.1) is 6.04 Å². The SMILES string of the molecule is Cc1ccc(C)c(NC(C)c2cc3ccccc3o2)c1. The summed E-state index contributed by atoms with van der Waals surface area (Å²) in [6, 6.07) is 16.8. The molecule has 0 amide bonds. The van der Waals surface area contributed by atoms with Crippen LogP contribution in [-0.2, 0) is 0 Å². The average Bonchev–Trinajstić information content (AvgIpc) is 2.87. The third-order valence-electron chi connectivity index (χ3n) is 3.64. The van der Waals surface area contributed by atoms with Gasteiger partial charge in [-0.2, -0.15) is 0 Å². The minimum absolute atomic E-state index is 0.142. The van der Waals surface area contributed by atoms with Crippen LogP contribution in [0.15, 0.2) is 52.9 Å². The van der Waals surface area contributed by atoms with Crippen molar-refractivity contribution in [2.45, 2.75) is 26.8 Å². The monoisotopic (exact) mass is 265 g/mol. The standard InChI is InChI=1S/C18H19NO/c1-12-8-9-13(2)16(10-12)19-14(3)18-11-15-6-4-5-7-17(15)20-18/h4-11,14,19H,1-3H3. The molecular formula is C18H19NO. The van der Waals surface area contributed by atoms with Crippen LogP contribution in [-0.4, -0.2) is 0 Å². The summed E-state index contributed by atoms with van der Waals surface area (Å²) >= 11 is 0. The molecule has 20 heavy (non-hydrogen) atoms. The Morgan fingerprint density at radius 1 is 1.00 bits per heavy atom. The zero-order chi connectivity index (χ0) is 14.1. The van der Waals surface area contributed by atoms with Gasteiger partial charge in [0.2, 0.25) is 0 Å². The Morgan fingerprint density at radius 3 is 2.60 bits per heavy atom. The molecule has 0 saturated carbocycles. The fourth-order valence-electron chi connectivity index (χ4n) is 2.41. The quantitative estimate of drug-likeness (QED) is 0.702. The Morgan fingerprint density at radius 2 is 1.80 bits per heavy atom. The van der Waals surface area contributed by atoms with Gasteiger partial charge in [0, 0.05) is 11.1 Å². The van der Waals surface area contributed by atoms with Gasteiger partial charge in [0.25, 0.3) is 0 Å². The second kappa shape index (κ2) is 5.04. The van der Waals surface area contributed by atoms with Crippen molar-refractivity contribution in [2.75, 3.05) is 5.32 Å². The number of fused-ring (bicyclic) bond motifs is 1. The van der Waals surface area contributed by atoms with Crippen LogP contribution in [0.4, 0.5) is 5.69 Å². The van der Waals surface area contributed by atoms with E-state index in [1.807, 2.05) is 18.2 Å². The predicted molar refractivity (Wildman–Crippen MR) is 84.2 cm³/mol. The highest BCUT2D eigenvalue weighted by atomic mass is 16.3. The van der Waals surface area contributed by atoms with E-state index < -0.39 is 0 Å². The minimum Gasteiger partial charge on any atom is -0.459 e. The molecule has 0 aliphatic rings. The molecule has 2 nitrogen and oxygen atoms in total. The topological polar surface area (TPSA) is 25.2 Å². The molecular weight excluding hydrogens is 246 g/mol. The summed E-state index contributed by atoms with van der Waals surface area (Å²) in [6.45, 7) is 6.35. The Labute approximate surface area is 119 Å². The number of rotatable bonds is 3. The van der Waals surface area contributed by atoms with E-state index in [0.29, 0.717) is 0 Å². The molecule has 1 heterocycles. The Balaban J connectivity index is 1.88. The number of hydrogen-bond donors (Lipinski definition) is 1. The smallest absolute Gasteiger partial charge is 0.134 e. The van der Waals surface area contributed by atoms with Crippen molar-refractivity contribution in [3.05, 3.63) is 65.4 Å². The molecule has 3 aromatic rings. The van der Waals surface area contributed by atoms with Crippen LogP contribution < -0.4 is 5.32 Å². The van der Waals surface area contributed by atoms with Gasteiger partial charge in [0.1, 0.15) is 11.3 Å². The van der Waals surface area contributed by atoms with Crippen LogP contribution in [0.1, 0.15) is 29.9 Å². The maximum Gasteiger partial charge on any atom is 0.134 e. The second-order valence-electron chi connectivity index (χ2n) is 5.37. The molecule has 0 aliphatic carbocycles. The van der Waals surface area contributed by atoms with Crippen molar-refractivity contribution in [2.24, 2.45) is 0 Å². The van der Waals surface area contributed by atoms with Crippen LogP contribution in [0.5, 0.6) is 0 Å². The van der Waals surface area contributed by atoms with Crippen LogP contribution in [0, 0.1) is 13.8 Å². The maximum absolute atomic E-state index is 5.91. The lowest BCUT2D eigenvalue weighted by Gasteiger charge is -2.15. The number of anilines is 1. The van der Waals surface area contributed by atoms with Gasteiger partial charge in [-0.3, -0.25) is 0 Å². The average molecular weight is 265 g/mol. The van der Waals surface area contributed by atoms with E-state index >= 15 is 0 Å². The number of hydrogen-bond acceptors (Lipinski definition) is 2. The molecule has 0 saturated heterocycles. The van der Waals surface area contributed by atoms with Crippen LogP contribution in [0.2, 0.25) is 0 Å². The van der Waals surface area contributed by atoms with E-state index in [-0.39, 0.29) is 6.04 Å². The largest absolute Gasteiger partial charge is 0.459 e. The van der Waals surface area contributed by atoms with E-state index in [1.165, 1.54) is 11.1 Å². The van der Waals surface area contributed by atoms with E-state index in [1.54, 1.807) is 0 Å². The molecule has 0 fully saturated rings. The second-order valence-corrected chi connectivity index (χ2v) is 5.37. The number of aryl methyl sites for hydroxylation is 2. The van der Waals surface area contributed by atoms with Crippen molar-refractivity contribution in [1.29, 1.82) is 0 Å². The summed E-state index contributed by atoms with van der Waals surface area (Å²) in [7, 11) is 0. The number of furan rings is 1.